The molecule has 2 amide bonds. The van der Waals surface area contributed by atoms with Crippen LogP contribution in [0.1, 0.15) is 39.2 Å². The van der Waals surface area contributed by atoms with Gasteiger partial charge in [-0.15, -0.1) is 0 Å². The van der Waals surface area contributed by atoms with E-state index in [0.717, 1.165) is 44.8 Å². The standard InChI is InChI=1S/C22H35N3O3/c1-22(2,3)17-20(26)24-19(16-18-8-5-4-6-9-18)21(27)23-10-7-11-25-12-14-28-15-13-25/h4-6,8-9,19H,7,10-17H2,1-3H3,(H,23,27)(H,24,26). The molecular weight excluding hydrogens is 354 g/mol. The van der Waals surface area contributed by atoms with Crippen LogP contribution in [0.4, 0.5) is 0 Å². The van der Waals surface area contributed by atoms with Crippen LogP contribution in [0.25, 0.3) is 0 Å². The van der Waals surface area contributed by atoms with Gasteiger partial charge in [0.1, 0.15) is 6.04 Å². The summed E-state index contributed by atoms with van der Waals surface area (Å²) in [4.78, 5) is 27.5. The summed E-state index contributed by atoms with van der Waals surface area (Å²) < 4.78 is 5.35. The van der Waals surface area contributed by atoms with E-state index in [9.17, 15) is 9.59 Å². The lowest BCUT2D eigenvalue weighted by Gasteiger charge is -2.26. The monoisotopic (exact) mass is 389 g/mol. The molecule has 1 fully saturated rings. The van der Waals surface area contributed by atoms with E-state index in [1.54, 1.807) is 0 Å². The number of hydrogen-bond donors (Lipinski definition) is 2. The highest BCUT2D eigenvalue weighted by Crippen LogP contribution is 2.18. The Bertz CT molecular complexity index is 607. The fourth-order valence-corrected chi connectivity index (χ4v) is 3.25. The molecule has 0 aromatic heterocycles. The molecule has 1 aromatic carbocycles. The molecule has 6 heteroatoms. The lowest BCUT2D eigenvalue weighted by molar-refractivity contribution is -0.129. The second kappa shape index (κ2) is 11.2. The fourth-order valence-electron chi connectivity index (χ4n) is 3.25. The van der Waals surface area contributed by atoms with Gasteiger partial charge in [0.15, 0.2) is 0 Å². The third-order valence-corrected chi connectivity index (χ3v) is 4.68. The minimum absolute atomic E-state index is 0.0862. The average molecular weight is 390 g/mol. The van der Waals surface area contributed by atoms with Gasteiger partial charge in [0.05, 0.1) is 13.2 Å². The van der Waals surface area contributed by atoms with E-state index in [-0.39, 0.29) is 17.2 Å². The molecule has 0 saturated carbocycles. The molecule has 156 valence electrons. The van der Waals surface area contributed by atoms with Crippen molar-refractivity contribution in [2.75, 3.05) is 39.4 Å². The van der Waals surface area contributed by atoms with Crippen molar-refractivity contribution in [3.05, 3.63) is 35.9 Å². The number of hydrogen-bond acceptors (Lipinski definition) is 4. The zero-order valence-corrected chi connectivity index (χ0v) is 17.5. The Morgan fingerprint density at radius 3 is 2.46 bits per heavy atom. The second-order valence-corrected chi connectivity index (χ2v) is 8.65. The molecule has 0 aliphatic carbocycles. The number of ether oxygens (including phenoxy) is 1. The highest BCUT2D eigenvalue weighted by atomic mass is 16.5. The first kappa shape index (κ1) is 22.4. The van der Waals surface area contributed by atoms with Gasteiger partial charge in [-0.3, -0.25) is 14.5 Å². The fraction of sp³-hybridized carbons (Fsp3) is 0.636. The molecule has 1 unspecified atom stereocenters. The largest absolute Gasteiger partial charge is 0.379 e. The molecule has 1 saturated heterocycles. The first-order chi connectivity index (χ1) is 13.3. The molecule has 0 bridgehead atoms. The number of carbonyl (C=O) groups excluding carboxylic acids is 2. The highest BCUT2D eigenvalue weighted by molar-refractivity contribution is 5.88. The SMILES string of the molecule is CC(C)(C)CC(=O)NC(Cc1ccccc1)C(=O)NCCCN1CCOCC1. The zero-order chi connectivity index (χ0) is 20.4. The Morgan fingerprint density at radius 2 is 1.82 bits per heavy atom. The van der Waals surface area contributed by atoms with Crippen molar-refractivity contribution in [2.24, 2.45) is 5.41 Å². The van der Waals surface area contributed by atoms with Crippen LogP contribution >= 0.6 is 0 Å². The van der Waals surface area contributed by atoms with E-state index in [2.05, 4.69) is 15.5 Å². The number of morpholine rings is 1. The van der Waals surface area contributed by atoms with Gasteiger partial charge < -0.3 is 15.4 Å². The summed E-state index contributed by atoms with van der Waals surface area (Å²) in [5, 5.41) is 5.93. The van der Waals surface area contributed by atoms with Crippen molar-refractivity contribution in [2.45, 2.75) is 46.1 Å². The Kier molecular flexibility index (Phi) is 8.93. The number of benzene rings is 1. The number of nitrogens with one attached hydrogen (secondary N) is 2. The molecule has 28 heavy (non-hydrogen) atoms. The van der Waals surface area contributed by atoms with E-state index in [1.165, 1.54) is 0 Å². The summed E-state index contributed by atoms with van der Waals surface area (Å²) in [6.07, 6.45) is 1.77. The van der Waals surface area contributed by atoms with Crippen LogP contribution in [0.3, 0.4) is 0 Å². The maximum Gasteiger partial charge on any atom is 0.242 e. The predicted molar refractivity (Wildman–Crippen MR) is 111 cm³/mol. The molecular formula is C22H35N3O3. The van der Waals surface area contributed by atoms with Gasteiger partial charge in [-0.1, -0.05) is 51.1 Å². The van der Waals surface area contributed by atoms with Gasteiger partial charge in [0, 0.05) is 32.5 Å². The van der Waals surface area contributed by atoms with Crippen LogP contribution < -0.4 is 10.6 Å². The maximum absolute atomic E-state index is 12.7. The first-order valence-corrected chi connectivity index (χ1v) is 10.2. The number of nitrogens with zero attached hydrogens (tertiary/aromatic N) is 1. The van der Waals surface area contributed by atoms with Crippen LogP contribution in [0.5, 0.6) is 0 Å². The molecule has 2 rings (SSSR count). The topological polar surface area (TPSA) is 70.7 Å². The van der Waals surface area contributed by atoms with E-state index in [1.807, 2.05) is 51.1 Å². The van der Waals surface area contributed by atoms with Crippen LogP contribution in [0.2, 0.25) is 0 Å². The van der Waals surface area contributed by atoms with Crippen molar-refractivity contribution in [3.63, 3.8) is 0 Å². The van der Waals surface area contributed by atoms with Gasteiger partial charge >= 0.3 is 0 Å². The van der Waals surface area contributed by atoms with Crippen LogP contribution in [0.15, 0.2) is 30.3 Å². The molecule has 0 radical (unpaired) electrons. The van der Waals surface area contributed by atoms with Gasteiger partial charge in [0.2, 0.25) is 11.8 Å². The number of amides is 2. The molecule has 1 aromatic rings. The normalized spacial score (nSPS) is 16.4. The summed E-state index contributed by atoms with van der Waals surface area (Å²) in [7, 11) is 0. The van der Waals surface area contributed by atoms with Crippen LogP contribution in [0, 0.1) is 5.41 Å². The third kappa shape index (κ3) is 8.85. The van der Waals surface area contributed by atoms with E-state index < -0.39 is 6.04 Å². The van der Waals surface area contributed by atoms with Crippen molar-refractivity contribution >= 4 is 11.8 Å². The molecule has 1 heterocycles. The lowest BCUT2D eigenvalue weighted by Crippen LogP contribution is -2.49. The Hall–Kier alpha value is -1.92. The first-order valence-electron chi connectivity index (χ1n) is 10.2. The maximum atomic E-state index is 12.7. The summed E-state index contributed by atoms with van der Waals surface area (Å²) in [6, 6.07) is 9.25. The summed E-state index contributed by atoms with van der Waals surface area (Å²) in [5.41, 5.74) is 0.919. The highest BCUT2D eigenvalue weighted by Gasteiger charge is 2.24. The zero-order valence-electron chi connectivity index (χ0n) is 17.5. The lowest BCUT2D eigenvalue weighted by atomic mass is 9.91. The van der Waals surface area contributed by atoms with E-state index in [4.69, 9.17) is 4.74 Å². The number of rotatable bonds is 9. The Balaban J connectivity index is 1.85. The van der Waals surface area contributed by atoms with Crippen LogP contribution in [-0.2, 0) is 20.7 Å². The minimum Gasteiger partial charge on any atom is -0.379 e. The Labute approximate surface area is 169 Å². The average Bonchev–Trinajstić information content (AvgIpc) is 2.65. The van der Waals surface area contributed by atoms with Gasteiger partial charge in [-0.2, -0.15) is 0 Å². The summed E-state index contributed by atoms with van der Waals surface area (Å²) in [6.45, 7) is 11.1. The predicted octanol–water partition coefficient (Wildman–Crippen LogP) is 1.99. The van der Waals surface area contributed by atoms with Crippen molar-refractivity contribution < 1.29 is 14.3 Å². The van der Waals surface area contributed by atoms with Crippen molar-refractivity contribution in [1.82, 2.24) is 15.5 Å². The molecule has 0 spiro atoms. The van der Waals surface area contributed by atoms with Gasteiger partial charge in [-0.25, -0.2) is 0 Å². The van der Waals surface area contributed by atoms with Crippen molar-refractivity contribution in [3.8, 4) is 0 Å². The van der Waals surface area contributed by atoms with Gasteiger partial charge in [0.25, 0.3) is 0 Å². The van der Waals surface area contributed by atoms with Gasteiger partial charge in [-0.05, 0) is 23.9 Å². The van der Waals surface area contributed by atoms with Crippen molar-refractivity contribution in [1.29, 1.82) is 0 Å². The third-order valence-electron chi connectivity index (χ3n) is 4.68. The molecule has 2 N–H and O–H groups in total. The molecule has 1 aliphatic heterocycles. The molecule has 6 nitrogen and oxygen atoms in total. The smallest absolute Gasteiger partial charge is 0.242 e. The Morgan fingerprint density at radius 1 is 1.14 bits per heavy atom. The van der Waals surface area contributed by atoms with Crippen LogP contribution in [-0.4, -0.2) is 62.1 Å². The minimum atomic E-state index is -0.555. The quantitative estimate of drug-likeness (QED) is 0.634. The molecule has 1 atom stereocenters. The second-order valence-electron chi connectivity index (χ2n) is 8.65. The van der Waals surface area contributed by atoms with E-state index in [0.29, 0.717) is 19.4 Å². The summed E-state index contributed by atoms with van der Waals surface area (Å²) >= 11 is 0. The number of carbonyl (C=O) groups is 2. The molecule has 1 aliphatic rings. The summed E-state index contributed by atoms with van der Waals surface area (Å²) in [5.74, 6) is -0.204. The van der Waals surface area contributed by atoms with E-state index >= 15 is 0 Å².